The zero-order valence-electron chi connectivity index (χ0n) is 12.4. The lowest BCUT2D eigenvalue weighted by molar-refractivity contribution is -0.385. The Kier molecular flexibility index (Phi) is 5.05. The zero-order chi connectivity index (χ0) is 17.9. The molecule has 24 heavy (non-hydrogen) atoms. The Hall–Kier alpha value is -3.06. The van der Waals surface area contributed by atoms with Gasteiger partial charge in [-0.2, -0.15) is 0 Å². The largest absolute Gasteiger partial charge is 0.289 e. The van der Waals surface area contributed by atoms with Crippen molar-refractivity contribution in [1.82, 2.24) is 0 Å². The van der Waals surface area contributed by atoms with Crippen molar-refractivity contribution in [2.75, 3.05) is 0 Å². The van der Waals surface area contributed by atoms with E-state index in [9.17, 15) is 25.0 Å². The molecule has 0 aliphatic carbocycles. The Balaban J connectivity index is 2.28. The summed E-state index contributed by atoms with van der Waals surface area (Å²) in [7, 11) is 0. The summed E-state index contributed by atoms with van der Waals surface area (Å²) in [5.74, 6) is -0.474. The third kappa shape index (κ3) is 3.82. The van der Waals surface area contributed by atoms with Crippen molar-refractivity contribution in [3.8, 4) is 0 Å². The van der Waals surface area contributed by atoms with E-state index in [1.807, 2.05) is 0 Å². The molecule has 0 aromatic heterocycles. The highest BCUT2D eigenvalue weighted by molar-refractivity contribution is 6.32. The first kappa shape index (κ1) is 17.3. The normalized spacial score (nSPS) is 10.8. The van der Waals surface area contributed by atoms with Crippen LogP contribution in [0.1, 0.15) is 21.5 Å². The Morgan fingerprint density at radius 1 is 1.04 bits per heavy atom. The first-order valence-electron chi connectivity index (χ1n) is 6.71. The fourth-order valence-electron chi connectivity index (χ4n) is 2.00. The van der Waals surface area contributed by atoms with Crippen LogP contribution in [-0.2, 0) is 0 Å². The van der Waals surface area contributed by atoms with Crippen molar-refractivity contribution >= 4 is 34.8 Å². The summed E-state index contributed by atoms with van der Waals surface area (Å²) in [6.45, 7) is 1.61. The summed E-state index contributed by atoms with van der Waals surface area (Å²) < 4.78 is 0. The van der Waals surface area contributed by atoms with E-state index < -0.39 is 15.6 Å². The molecule has 0 spiro atoms. The summed E-state index contributed by atoms with van der Waals surface area (Å²) in [6, 6.07) is 8.30. The van der Waals surface area contributed by atoms with E-state index in [1.165, 1.54) is 30.4 Å². The van der Waals surface area contributed by atoms with E-state index >= 15 is 0 Å². The Morgan fingerprint density at radius 3 is 2.33 bits per heavy atom. The number of rotatable bonds is 5. The van der Waals surface area contributed by atoms with Gasteiger partial charge in [0, 0.05) is 23.3 Å². The number of allylic oxidation sites excluding steroid dienone is 1. The maximum absolute atomic E-state index is 12.1. The van der Waals surface area contributed by atoms with Crippen LogP contribution in [0.5, 0.6) is 0 Å². The number of ketones is 1. The average molecular weight is 347 g/mol. The molecule has 0 amide bonds. The quantitative estimate of drug-likeness (QED) is 0.346. The van der Waals surface area contributed by atoms with Crippen LogP contribution >= 0.6 is 11.6 Å². The van der Waals surface area contributed by atoms with Crippen molar-refractivity contribution < 1.29 is 14.6 Å². The standard InChI is InChI=1S/C16H11ClN2O5/c1-10-2-3-11(8-14(10)18(21)22)4-7-16(20)12-5-6-13(17)15(9-12)19(23)24/h2-9H,1H3/b7-4+. The number of hydrogen-bond acceptors (Lipinski definition) is 5. The average Bonchev–Trinajstić information content (AvgIpc) is 2.53. The number of carbonyl (C=O) groups excluding carboxylic acids is 1. The lowest BCUT2D eigenvalue weighted by Crippen LogP contribution is -1.97. The topological polar surface area (TPSA) is 103 Å². The number of carbonyl (C=O) groups is 1. The fraction of sp³-hybridized carbons (Fsp3) is 0.0625. The smallest absolute Gasteiger partial charge is 0.288 e. The molecule has 0 bridgehead atoms. The lowest BCUT2D eigenvalue weighted by Gasteiger charge is -2.00. The molecule has 0 N–H and O–H groups in total. The zero-order valence-corrected chi connectivity index (χ0v) is 13.2. The third-order valence-electron chi connectivity index (χ3n) is 3.28. The van der Waals surface area contributed by atoms with Crippen molar-refractivity contribution in [3.05, 3.63) is 84.4 Å². The summed E-state index contributed by atoms with van der Waals surface area (Å²) in [5.41, 5.74) is 0.679. The van der Waals surface area contributed by atoms with Crippen molar-refractivity contribution in [2.24, 2.45) is 0 Å². The molecule has 0 saturated heterocycles. The van der Waals surface area contributed by atoms with Crippen molar-refractivity contribution in [1.29, 1.82) is 0 Å². The summed E-state index contributed by atoms with van der Waals surface area (Å²) in [6.07, 6.45) is 2.61. The summed E-state index contributed by atoms with van der Waals surface area (Å²) >= 11 is 5.70. The van der Waals surface area contributed by atoms with Gasteiger partial charge in [-0.25, -0.2) is 0 Å². The second-order valence-corrected chi connectivity index (χ2v) is 5.33. The third-order valence-corrected chi connectivity index (χ3v) is 3.60. The minimum Gasteiger partial charge on any atom is -0.289 e. The van der Waals surface area contributed by atoms with Gasteiger partial charge in [-0.1, -0.05) is 29.8 Å². The number of hydrogen-bond donors (Lipinski definition) is 0. The Bertz CT molecular complexity index is 877. The summed E-state index contributed by atoms with van der Waals surface area (Å²) in [5, 5.41) is 21.7. The summed E-state index contributed by atoms with van der Waals surface area (Å²) in [4.78, 5) is 32.7. The monoisotopic (exact) mass is 346 g/mol. The number of aryl methyl sites for hydroxylation is 1. The number of benzene rings is 2. The Labute approximate surface area is 141 Å². The van der Waals surface area contributed by atoms with Gasteiger partial charge in [0.2, 0.25) is 0 Å². The number of nitrogens with zero attached hydrogens (tertiary/aromatic N) is 2. The van der Waals surface area contributed by atoms with Crippen LogP contribution in [0.15, 0.2) is 42.5 Å². The minimum absolute atomic E-state index is 0.0493. The first-order valence-corrected chi connectivity index (χ1v) is 7.09. The van der Waals surface area contributed by atoms with E-state index in [0.29, 0.717) is 11.1 Å². The van der Waals surface area contributed by atoms with Crippen LogP contribution in [0.3, 0.4) is 0 Å². The molecule has 122 valence electrons. The van der Waals surface area contributed by atoms with Gasteiger partial charge in [-0.15, -0.1) is 0 Å². The Morgan fingerprint density at radius 2 is 1.71 bits per heavy atom. The molecule has 0 unspecified atom stereocenters. The second kappa shape index (κ2) is 7.01. The van der Waals surface area contributed by atoms with Gasteiger partial charge in [0.05, 0.1) is 9.85 Å². The van der Waals surface area contributed by atoms with Crippen LogP contribution in [0, 0.1) is 27.2 Å². The van der Waals surface area contributed by atoms with E-state index in [1.54, 1.807) is 19.1 Å². The van der Waals surface area contributed by atoms with Gasteiger partial charge in [0.1, 0.15) is 5.02 Å². The van der Waals surface area contributed by atoms with Gasteiger partial charge in [-0.05, 0) is 30.7 Å². The molecule has 0 radical (unpaired) electrons. The lowest BCUT2D eigenvalue weighted by atomic mass is 10.1. The molecule has 0 fully saturated rings. The van der Waals surface area contributed by atoms with Gasteiger partial charge >= 0.3 is 0 Å². The molecular formula is C16H11ClN2O5. The van der Waals surface area contributed by atoms with Gasteiger partial charge in [0.15, 0.2) is 5.78 Å². The number of halogens is 1. The molecule has 0 aliphatic rings. The molecule has 2 rings (SSSR count). The van der Waals surface area contributed by atoms with Gasteiger partial charge < -0.3 is 0 Å². The molecule has 0 aliphatic heterocycles. The van der Waals surface area contributed by atoms with Crippen LogP contribution in [0.4, 0.5) is 11.4 Å². The van der Waals surface area contributed by atoms with Crippen molar-refractivity contribution in [2.45, 2.75) is 6.92 Å². The molecule has 7 nitrogen and oxygen atoms in total. The first-order chi connectivity index (χ1) is 11.3. The van der Waals surface area contributed by atoms with Crippen LogP contribution in [-0.4, -0.2) is 15.6 Å². The molecule has 0 heterocycles. The maximum atomic E-state index is 12.1. The van der Waals surface area contributed by atoms with Crippen LogP contribution < -0.4 is 0 Å². The highest BCUT2D eigenvalue weighted by atomic mass is 35.5. The molecular weight excluding hydrogens is 336 g/mol. The predicted octanol–water partition coefficient (Wildman–Crippen LogP) is 4.36. The highest BCUT2D eigenvalue weighted by Gasteiger charge is 2.15. The van der Waals surface area contributed by atoms with Gasteiger partial charge in [0.25, 0.3) is 11.4 Å². The number of nitro groups is 2. The van der Waals surface area contributed by atoms with Crippen LogP contribution in [0.25, 0.3) is 6.08 Å². The maximum Gasteiger partial charge on any atom is 0.288 e. The molecule has 8 heteroatoms. The molecule has 2 aromatic carbocycles. The van der Waals surface area contributed by atoms with E-state index in [-0.39, 0.29) is 22.0 Å². The SMILES string of the molecule is Cc1ccc(/C=C/C(=O)c2ccc(Cl)c([N+](=O)[O-])c2)cc1[N+](=O)[O-]. The highest BCUT2D eigenvalue weighted by Crippen LogP contribution is 2.25. The number of nitro benzene ring substituents is 2. The molecule has 0 atom stereocenters. The minimum atomic E-state index is -0.674. The van der Waals surface area contributed by atoms with Crippen molar-refractivity contribution in [3.63, 3.8) is 0 Å². The molecule has 0 saturated carbocycles. The molecule has 2 aromatic rings. The van der Waals surface area contributed by atoms with E-state index in [0.717, 1.165) is 6.07 Å². The van der Waals surface area contributed by atoms with E-state index in [2.05, 4.69) is 0 Å². The predicted molar refractivity (Wildman–Crippen MR) is 89.3 cm³/mol. The van der Waals surface area contributed by atoms with Crippen LogP contribution in [0.2, 0.25) is 5.02 Å². The van der Waals surface area contributed by atoms with Gasteiger partial charge in [-0.3, -0.25) is 25.0 Å². The van der Waals surface area contributed by atoms with E-state index in [4.69, 9.17) is 11.6 Å². The fourth-order valence-corrected chi connectivity index (χ4v) is 2.19. The second-order valence-electron chi connectivity index (χ2n) is 4.92.